The number of hydrogen-bond donors (Lipinski definition) is 1. The van der Waals surface area contributed by atoms with Gasteiger partial charge in [0, 0.05) is 25.0 Å². The molecule has 1 N–H and O–H groups in total. The summed E-state index contributed by atoms with van der Waals surface area (Å²) >= 11 is 0. The Morgan fingerprint density at radius 3 is 2.54 bits per heavy atom. The van der Waals surface area contributed by atoms with Crippen molar-refractivity contribution in [3.05, 3.63) is 53.4 Å². The van der Waals surface area contributed by atoms with Crippen molar-refractivity contribution in [2.45, 2.75) is 20.8 Å². The number of pyridine rings is 2. The van der Waals surface area contributed by atoms with E-state index in [4.69, 9.17) is 0 Å². The number of amides is 1. The highest BCUT2D eigenvalue weighted by Crippen LogP contribution is 2.25. The van der Waals surface area contributed by atoms with Gasteiger partial charge in [-0.2, -0.15) is 10.1 Å². The maximum Gasteiger partial charge on any atom is 0.357 e. The fourth-order valence-electron chi connectivity index (χ4n) is 2.93. The number of rotatable bonds is 6. The number of carboxylic acids is 1. The first kappa shape index (κ1) is 19.2. The zero-order chi connectivity index (χ0) is 20.3. The van der Waals surface area contributed by atoms with Gasteiger partial charge in [-0.1, -0.05) is 6.07 Å². The molecule has 28 heavy (non-hydrogen) atoms. The number of aliphatic carboxylic acids is 1. The second-order valence-corrected chi connectivity index (χ2v) is 6.13. The number of anilines is 2. The van der Waals surface area contributed by atoms with Crippen LogP contribution >= 0.6 is 0 Å². The molecule has 2 aromatic rings. The van der Waals surface area contributed by atoms with Crippen LogP contribution in [0.5, 0.6) is 0 Å². The minimum atomic E-state index is -1.27. The maximum atomic E-state index is 12.8. The Morgan fingerprint density at radius 1 is 1.21 bits per heavy atom. The van der Waals surface area contributed by atoms with Gasteiger partial charge in [0.15, 0.2) is 11.5 Å². The van der Waals surface area contributed by atoms with Gasteiger partial charge in [0.05, 0.1) is 5.57 Å². The van der Waals surface area contributed by atoms with Gasteiger partial charge in [0.2, 0.25) is 0 Å². The molecule has 0 radical (unpaired) electrons. The number of carbonyl (C=O) groups excluding carboxylic acids is 1. The molecule has 0 saturated heterocycles. The van der Waals surface area contributed by atoms with E-state index in [2.05, 4.69) is 33.8 Å². The molecule has 0 aromatic carbocycles. The number of carbonyl (C=O) groups is 2. The largest absolute Gasteiger partial charge is 0.476 e. The Kier molecular flexibility index (Phi) is 5.49. The molecule has 1 amide bonds. The average Bonchev–Trinajstić information content (AvgIpc) is 3.02. The maximum absolute atomic E-state index is 12.8. The minimum absolute atomic E-state index is 0.00126. The molecule has 1 aliphatic heterocycles. The lowest BCUT2D eigenvalue weighted by atomic mass is 10.1. The van der Waals surface area contributed by atoms with Gasteiger partial charge < -0.3 is 10.0 Å². The van der Waals surface area contributed by atoms with E-state index in [1.165, 1.54) is 12.3 Å². The summed E-state index contributed by atoms with van der Waals surface area (Å²) in [5.41, 5.74) is 1.04. The van der Waals surface area contributed by atoms with Crippen LogP contribution in [0.15, 0.2) is 47.2 Å². The van der Waals surface area contributed by atoms with Crippen LogP contribution in [0.4, 0.5) is 11.6 Å². The third-order valence-corrected chi connectivity index (χ3v) is 4.45. The molecule has 8 heteroatoms. The summed E-state index contributed by atoms with van der Waals surface area (Å²) in [5.74, 6) is -0.710. The van der Waals surface area contributed by atoms with Crippen molar-refractivity contribution in [1.29, 1.82) is 0 Å². The van der Waals surface area contributed by atoms with E-state index >= 15 is 0 Å². The van der Waals surface area contributed by atoms with Crippen molar-refractivity contribution in [3.8, 4) is 0 Å². The summed E-state index contributed by atoms with van der Waals surface area (Å²) in [7, 11) is 0. The van der Waals surface area contributed by atoms with Gasteiger partial charge in [-0.05, 0) is 56.7 Å². The normalized spacial score (nSPS) is 15.1. The van der Waals surface area contributed by atoms with E-state index in [9.17, 15) is 14.7 Å². The lowest BCUT2D eigenvalue weighted by Crippen LogP contribution is -2.23. The Labute approximate surface area is 162 Å². The summed E-state index contributed by atoms with van der Waals surface area (Å²) in [4.78, 5) is 35.2. The molecule has 8 nitrogen and oxygen atoms in total. The number of hydrazone groups is 1. The number of aromatic nitrogens is 2. The molecule has 0 bridgehead atoms. The second kappa shape index (κ2) is 7.99. The van der Waals surface area contributed by atoms with Gasteiger partial charge >= 0.3 is 5.97 Å². The van der Waals surface area contributed by atoms with Gasteiger partial charge in [0.25, 0.3) is 5.91 Å². The smallest absolute Gasteiger partial charge is 0.357 e. The molecule has 3 heterocycles. The Balaban J connectivity index is 2.00. The molecule has 0 fully saturated rings. The monoisotopic (exact) mass is 379 g/mol. The van der Waals surface area contributed by atoms with E-state index < -0.39 is 11.9 Å². The SMILES string of the molecule is CCN(CC)c1ccc(/C=C2\C(=O)N(c3ccccn3)N=C2C(=O)O)c(C)n1. The van der Waals surface area contributed by atoms with Crippen molar-refractivity contribution >= 4 is 35.3 Å². The van der Waals surface area contributed by atoms with Gasteiger partial charge in [-0.15, -0.1) is 0 Å². The molecule has 0 unspecified atom stereocenters. The van der Waals surface area contributed by atoms with Gasteiger partial charge in [-0.3, -0.25) is 4.79 Å². The van der Waals surface area contributed by atoms with E-state index in [1.54, 1.807) is 18.2 Å². The van der Waals surface area contributed by atoms with Crippen molar-refractivity contribution < 1.29 is 14.7 Å². The molecule has 3 rings (SSSR count). The lowest BCUT2D eigenvalue weighted by molar-refractivity contribution is -0.129. The highest BCUT2D eigenvalue weighted by atomic mass is 16.4. The molecule has 0 aliphatic carbocycles. The van der Waals surface area contributed by atoms with Crippen LogP contribution < -0.4 is 9.91 Å². The quantitative estimate of drug-likeness (QED) is 0.774. The molecular weight excluding hydrogens is 358 g/mol. The molecule has 1 aliphatic rings. The van der Waals surface area contributed by atoms with Crippen LogP contribution in [0.25, 0.3) is 6.08 Å². The molecule has 144 valence electrons. The van der Waals surface area contributed by atoms with E-state index in [0.717, 1.165) is 23.9 Å². The van der Waals surface area contributed by atoms with Crippen LogP contribution in [-0.2, 0) is 9.59 Å². The summed E-state index contributed by atoms with van der Waals surface area (Å²) in [5, 5.41) is 14.5. The third-order valence-electron chi connectivity index (χ3n) is 4.45. The van der Waals surface area contributed by atoms with E-state index in [0.29, 0.717) is 11.3 Å². The molecule has 0 spiro atoms. The number of carboxylic acid groups (broad SMARTS) is 1. The minimum Gasteiger partial charge on any atom is -0.476 e. The Bertz CT molecular complexity index is 965. The zero-order valence-electron chi connectivity index (χ0n) is 16.0. The van der Waals surface area contributed by atoms with Crippen molar-refractivity contribution in [1.82, 2.24) is 9.97 Å². The number of hydrogen-bond acceptors (Lipinski definition) is 6. The number of aryl methyl sites for hydroxylation is 1. The number of nitrogens with zero attached hydrogens (tertiary/aromatic N) is 5. The van der Waals surface area contributed by atoms with Crippen LogP contribution in [0.2, 0.25) is 0 Å². The first-order chi connectivity index (χ1) is 13.5. The Hall–Kier alpha value is -3.55. The van der Waals surface area contributed by atoms with Gasteiger partial charge in [-0.25, -0.2) is 14.8 Å². The van der Waals surface area contributed by atoms with E-state index in [1.807, 2.05) is 19.1 Å². The first-order valence-corrected chi connectivity index (χ1v) is 8.98. The average molecular weight is 379 g/mol. The van der Waals surface area contributed by atoms with Crippen LogP contribution in [-0.4, -0.2) is 45.8 Å². The van der Waals surface area contributed by atoms with Crippen LogP contribution in [0.3, 0.4) is 0 Å². The highest BCUT2D eigenvalue weighted by Gasteiger charge is 2.35. The van der Waals surface area contributed by atoms with Crippen molar-refractivity contribution in [2.75, 3.05) is 23.0 Å². The first-order valence-electron chi connectivity index (χ1n) is 8.98. The van der Waals surface area contributed by atoms with Crippen molar-refractivity contribution in [2.24, 2.45) is 5.10 Å². The topological polar surface area (TPSA) is 99.0 Å². The Morgan fingerprint density at radius 2 is 1.96 bits per heavy atom. The zero-order valence-corrected chi connectivity index (χ0v) is 16.0. The van der Waals surface area contributed by atoms with Gasteiger partial charge in [0.1, 0.15) is 5.82 Å². The summed E-state index contributed by atoms with van der Waals surface area (Å²) in [6, 6.07) is 8.69. The highest BCUT2D eigenvalue weighted by molar-refractivity contribution is 6.53. The molecule has 0 saturated carbocycles. The summed E-state index contributed by atoms with van der Waals surface area (Å²) in [6.45, 7) is 7.59. The van der Waals surface area contributed by atoms with Crippen LogP contribution in [0, 0.1) is 6.92 Å². The fourth-order valence-corrected chi connectivity index (χ4v) is 2.93. The lowest BCUT2D eigenvalue weighted by Gasteiger charge is -2.20. The predicted molar refractivity (Wildman–Crippen MR) is 107 cm³/mol. The predicted octanol–water partition coefficient (Wildman–Crippen LogP) is 2.50. The molecule has 2 aromatic heterocycles. The second-order valence-electron chi connectivity index (χ2n) is 6.13. The standard InChI is InChI=1S/C20H21N5O3/c1-4-24(5-2)17-10-9-14(13(3)22-17)12-15-18(20(27)28)23-25(19(15)26)16-8-6-7-11-21-16/h6-12H,4-5H2,1-3H3,(H,27,28)/b15-12-. The van der Waals surface area contributed by atoms with E-state index in [-0.39, 0.29) is 17.1 Å². The van der Waals surface area contributed by atoms with Crippen molar-refractivity contribution in [3.63, 3.8) is 0 Å². The van der Waals surface area contributed by atoms with Crippen LogP contribution in [0.1, 0.15) is 25.1 Å². The molecule has 0 atom stereocenters. The fraction of sp³-hybridized carbons (Fsp3) is 0.250. The summed E-state index contributed by atoms with van der Waals surface area (Å²) < 4.78 is 0. The summed E-state index contributed by atoms with van der Waals surface area (Å²) in [6.07, 6.45) is 3.03. The molecular formula is C20H21N5O3. The third kappa shape index (κ3) is 3.62.